The van der Waals surface area contributed by atoms with E-state index in [1.165, 1.54) is 0 Å². The summed E-state index contributed by atoms with van der Waals surface area (Å²) in [5.41, 5.74) is 1.83. The van der Waals surface area contributed by atoms with Crippen LogP contribution in [0.4, 0.5) is 5.69 Å². The van der Waals surface area contributed by atoms with E-state index in [1.54, 1.807) is 12.5 Å². The fourth-order valence-electron chi connectivity index (χ4n) is 2.71. The van der Waals surface area contributed by atoms with Crippen LogP contribution in [-0.2, 0) is 6.54 Å². The molecular weight excluding hydrogens is 288 g/mol. The number of hydrogen-bond acceptors (Lipinski definition) is 3. The van der Waals surface area contributed by atoms with Crippen LogP contribution in [0, 0.1) is 0 Å². The first kappa shape index (κ1) is 17.1. The van der Waals surface area contributed by atoms with Crippen molar-refractivity contribution in [1.29, 1.82) is 0 Å². The highest BCUT2D eigenvalue weighted by atomic mass is 16.1. The Kier molecular flexibility index (Phi) is 5.79. The number of carbonyl (C=O) groups is 1. The van der Waals surface area contributed by atoms with Gasteiger partial charge in [-0.05, 0) is 52.0 Å². The van der Waals surface area contributed by atoms with Gasteiger partial charge in [0.15, 0.2) is 0 Å². The Morgan fingerprint density at radius 2 is 1.96 bits per heavy atom. The highest BCUT2D eigenvalue weighted by molar-refractivity contribution is 5.94. The van der Waals surface area contributed by atoms with Crippen LogP contribution in [0.25, 0.3) is 0 Å². The van der Waals surface area contributed by atoms with Gasteiger partial charge < -0.3 is 14.8 Å². The number of imidazole rings is 1. The number of carbonyl (C=O) groups excluding carboxylic acids is 1. The van der Waals surface area contributed by atoms with E-state index < -0.39 is 0 Å². The molecule has 1 unspecified atom stereocenters. The molecule has 0 aliphatic rings. The van der Waals surface area contributed by atoms with E-state index in [2.05, 4.69) is 36.0 Å². The van der Waals surface area contributed by atoms with Crippen LogP contribution in [0.2, 0.25) is 0 Å². The highest BCUT2D eigenvalue weighted by Crippen LogP contribution is 2.17. The third-order valence-electron chi connectivity index (χ3n) is 3.85. The van der Waals surface area contributed by atoms with Crippen LogP contribution in [0.5, 0.6) is 0 Å². The molecule has 0 spiro atoms. The van der Waals surface area contributed by atoms with Crippen LogP contribution in [0.3, 0.4) is 0 Å². The number of anilines is 1. The van der Waals surface area contributed by atoms with E-state index in [1.807, 2.05) is 42.0 Å². The Labute approximate surface area is 138 Å². The predicted molar refractivity (Wildman–Crippen MR) is 93.8 cm³/mol. The molecule has 1 aromatic carbocycles. The third-order valence-corrected chi connectivity index (χ3v) is 3.85. The number of nitrogens with one attached hydrogen (secondary N) is 1. The van der Waals surface area contributed by atoms with Crippen molar-refractivity contribution in [3.63, 3.8) is 0 Å². The quantitative estimate of drug-likeness (QED) is 0.855. The monoisotopic (exact) mass is 314 g/mol. The summed E-state index contributed by atoms with van der Waals surface area (Å²) >= 11 is 0. The molecule has 2 aromatic rings. The maximum atomic E-state index is 12.3. The van der Waals surface area contributed by atoms with E-state index >= 15 is 0 Å². The van der Waals surface area contributed by atoms with Gasteiger partial charge in [-0.25, -0.2) is 4.98 Å². The first-order valence-corrected chi connectivity index (χ1v) is 8.14. The number of hydrogen-bond donors (Lipinski definition) is 1. The average Bonchev–Trinajstić information content (AvgIpc) is 3.01. The average molecular weight is 314 g/mol. The zero-order valence-electron chi connectivity index (χ0n) is 14.4. The van der Waals surface area contributed by atoms with Crippen molar-refractivity contribution in [3.05, 3.63) is 48.5 Å². The summed E-state index contributed by atoms with van der Waals surface area (Å²) in [7, 11) is 0. The predicted octanol–water partition coefficient (Wildman–Crippen LogP) is 2.94. The summed E-state index contributed by atoms with van der Waals surface area (Å²) < 4.78 is 1.95. The second kappa shape index (κ2) is 7.81. The zero-order chi connectivity index (χ0) is 16.8. The Morgan fingerprint density at radius 3 is 2.48 bits per heavy atom. The van der Waals surface area contributed by atoms with Crippen LogP contribution < -0.4 is 10.2 Å². The Hall–Kier alpha value is -2.30. The molecule has 0 radical (unpaired) electrons. The molecule has 1 amide bonds. The largest absolute Gasteiger partial charge is 0.369 e. The molecule has 5 heteroatoms. The minimum Gasteiger partial charge on any atom is -0.369 e. The van der Waals surface area contributed by atoms with Gasteiger partial charge in [-0.2, -0.15) is 0 Å². The molecule has 0 saturated carbocycles. The standard InChI is InChI=1S/C18H26N4O/c1-5-22(14(2)3)17-8-6-16(7-9-17)18(23)20-15(4)12-21-11-10-19-13-21/h6-11,13-15H,5,12H2,1-4H3,(H,20,23). The summed E-state index contributed by atoms with van der Waals surface area (Å²) in [6.45, 7) is 10.1. The van der Waals surface area contributed by atoms with Crippen LogP contribution >= 0.6 is 0 Å². The van der Waals surface area contributed by atoms with Crippen LogP contribution in [0.15, 0.2) is 43.0 Å². The Morgan fingerprint density at radius 1 is 1.26 bits per heavy atom. The lowest BCUT2D eigenvalue weighted by atomic mass is 10.1. The molecule has 2 rings (SSSR count). The van der Waals surface area contributed by atoms with Gasteiger partial charge in [-0.3, -0.25) is 4.79 Å². The molecule has 1 atom stereocenters. The van der Waals surface area contributed by atoms with Crippen molar-refractivity contribution in [1.82, 2.24) is 14.9 Å². The molecule has 0 aliphatic carbocycles. The van der Waals surface area contributed by atoms with Gasteiger partial charge in [0.1, 0.15) is 0 Å². The molecule has 0 fully saturated rings. The summed E-state index contributed by atoms with van der Waals surface area (Å²) in [4.78, 5) is 18.6. The number of benzene rings is 1. The van der Waals surface area contributed by atoms with E-state index in [0.717, 1.165) is 12.2 Å². The zero-order valence-corrected chi connectivity index (χ0v) is 14.4. The van der Waals surface area contributed by atoms with Crippen LogP contribution in [-0.4, -0.2) is 34.1 Å². The first-order valence-electron chi connectivity index (χ1n) is 8.14. The van der Waals surface area contributed by atoms with Gasteiger partial charge in [0.05, 0.1) is 6.33 Å². The molecule has 1 aromatic heterocycles. The molecule has 0 bridgehead atoms. The molecule has 0 saturated heterocycles. The summed E-state index contributed by atoms with van der Waals surface area (Å²) in [5.74, 6) is -0.0447. The number of aromatic nitrogens is 2. The van der Waals surface area contributed by atoms with Gasteiger partial charge in [0.25, 0.3) is 5.91 Å². The minimum absolute atomic E-state index is 0.0409. The van der Waals surface area contributed by atoms with Gasteiger partial charge in [-0.15, -0.1) is 0 Å². The summed E-state index contributed by atoms with van der Waals surface area (Å²) in [6.07, 6.45) is 5.38. The van der Waals surface area contributed by atoms with E-state index in [9.17, 15) is 4.79 Å². The SMILES string of the molecule is CCN(c1ccc(C(=O)NC(C)Cn2ccnc2)cc1)C(C)C. The normalized spacial score (nSPS) is 12.2. The van der Waals surface area contributed by atoms with Crippen molar-refractivity contribution < 1.29 is 4.79 Å². The lowest BCUT2D eigenvalue weighted by Crippen LogP contribution is -2.35. The number of rotatable bonds is 7. The van der Waals surface area contributed by atoms with Crippen LogP contribution in [0.1, 0.15) is 38.1 Å². The second-order valence-electron chi connectivity index (χ2n) is 6.06. The molecular formula is C18H26N4O. The lowest BCUT2D eigenvalue weighted by molar-refractivity contribution is 0.0936. The Bertz CT molecular complexity index is 604. The summed E-state index contributed by atoms with van der Waals surface area (Å²) in [6, 6.07) is 8.28. The van der Waals surface area contributed by atoms with Crippen molar-refractivity contribution in [3.8, 4) is 0 Å². The Balaban J connectivity index is 1.97. The molecule has 1 heterocycles. The number of nitrogens with zero attached hydrogens (tertiary/aromatic N) is 3. The van der Waals surface area contributed by atoms with Gasteiger partial charge >= 0.3 is 0 Å². The van der Waals surface area contributed by atoms with Gasteiger partial charge in [-0.1, -0.05) is 0 Å². The van der Waals surface area contributed by atoms with E-state index in [-0.39, 0.29) is 11.9 Å². The lowest BCUT2D eigenvalue weighted by Gasteiger charge is -2.27. The molecule has 5 nitrogen and oxygen atoms in total. The van der Waals surface area contributed by atoms with Gasteiger partial charge in [0, 0.05) is 48.8 Å². The smallest absolute Gasteiger partial charge is 0.251 e. The topological polar surface area (TPSA) is 50.2 Å². The molecule has 0 aliphatic heterocycles. The molecule has 23 heavy (non-hydrogen) atoms. The maximum absolute atomic E-state index is 12.3. The molecule has 1 N–H and O–H groups in total. The minimum atomic E-state index is -0.0447. The van der Waals surface area contributed by atoms with Crippen molar-refractivity contribution in [2.75, 3.05) is 11.4 Å². The summed E-state index contributed by atoms with van der Waals surface area (Å²) in [5, 5.41) is 3.02. The van der Waals surface area contributed by atoms with Crippen molar-refractivity contribution >= 4 is 11.6 Å². The molecule has 124 valence electrons. The van der Waals surface area contributed by atoms with E-state index in [4.69, 9.17) is 0 Å². The third kappa shape index (κ3) is 4.58. The van der Waals surface area contributed by atoms with Crippen molar-refractivity contribution in [2.45, 2.75) is 46.3 Å². The maximum Gasteiger partial charge on any atom is 0.251 e. The number of amides is 1. The van der Waals surface area contributed by atoms with E-state index in [0.29, 0.717) is 18.2 Å². The fraction of sp³-hybridized carbons (Fsp3) is 0.444. The highest BCUT2D eigenvalue weighted by Gasteiger charge is 2.12. The first-order chi connectivity index (χ1) is 11.0. The van der Waals surface area contributed by atoms with Gasteiger partial charge in [0.2, 0.25) is 0 Å². The fourth-order valence-corrected chi connectivity index (χ4v) is 2.71. The second-order valence-corrected chi connectivity index (χ2v) is 6.06. The van der Waals surface area contributed by atoms with Crippen molar-refractivity contribution in [2.24, 2.45) is 0 Å².